The molecule has 10 heteroatoms. The zero-order valence-electron chi connectivity index (χ0n) is 25.0. The summed E-state index contributed by atoms with van der Waals surface area (Å²) in [4.78, 5) is 30.7. The minimum atomic E-state index is -0.241. The average Bonchev–Trinajstić information content (AvgIpc) is 3.66. The van der Waals surface area contributed by atoms with Gasteiger partial charge in [0.2, 0.25) is 0 Å². The van der Waals surface area contributed by atoms with Crippen molar-refractivity contribution in [2.45, 2.75) is 75.9 Å². The Hall–Kier alpha value is -3.50. The number of fused-ring (bicyclic) bond motifs is 4. The lowest BCUT2D eigenvalue weighted by Gasteiger charge is -2.28. The summed E-state index contributed by atoms with van der Waals surface area (Å²) in [5, 5.41) is 6.98. The number of benzene rings is 2. The molecule has 4 aliphatic rings. The first-order valence-corrected chi connectivity index (χ1v) is 15.1. The fraction of sp³-hybridized carbons (Fsp3) is 0.562. The summed E-state index contributed by atoms with van der Waals surface area (Å²) in [5.41, 5.74) is 4.97. The van der Waals surface area contributed by atoms with Crippen LogP contribution in [0.15, 0.2) is 24.3 Å². The summed E-state index contributed by atoms with van der Waals surface area (Å²) in [7, 11) is 6.69. The number of aryl methyl sites for hydroxylation is 2. The van der Waals surface area contributed by atoms with Crippen molar-refractivity contribution in [2.24, 2.45) is 0 Å². The molecule has 4 aliphatic heterocycles. The SMILES string of the molecule is COc1cc2c(cc1CCCCc1cc3c(cc1OC)C(=O)N1CCC[C@H]1[C@H](OC)N3)N[C@@H](OC)[C@@H]1CCCN1C2=O. The Morgan fingerprint density at radius 2 is 1.12 bits per heavy atom. The molecule has 2 aromatic rings. The number of rotatable bonds is 9. The number of methoxy groups -OCH3 is 4. The highest BCUT2D eigenvalue weighted by Crippen LogP contribution is 2.38. The number of nitrogens with zero attached hydrogens (tertiary/aromatic N) is 2. The highest BCUT2D eigenvalue weighted by atomic mass is 16.5. The molecule has 0 radical (unpaired) electrons. The lowest BCUT2D eigenvalue weighted by molar-refractivity contribution is 0.0418. The second-order valence-corrected chi connectivity index (χ2v) is 11.6. The molecule has 0 spiro atoms. The predicted molar refractivity (Wildman–Crippen MR) is 160 cm³/mol. The maximum atomic E-state index is 13.4. The van der Waals surface area contributed by atoms with Crippen LogP contribution in [0.1, 0.15) is 70.4 Å². The van der Waals surface area contributed by atoms with Gasteiger partial charge in [0.15, 0.2) is 0 Å². The van der Waals surface area contributed by atoms with Gasteiger partial charge in [-0.1, -0.05) is 0 Å². The van der Waals surface area contributed by atoms with Gasteiger partial charge < -0.3 is 39.4 Å². The van der Waals surface area contributed by atoms with Crippen molar-refractivity contribution < 1.29 is 28.5 Å². The third-order valence-corrected chi connectivity index (χ3v) is 9.37. The molecule has 0 bridgehead atoms. The van der Waals surface area contributed by atoms with Gasteiger partial charge >= 0.3 is 0 Å². The fourth-order valence-corrected chi connectivity index (χ4v) is 7.20. The topological polar surface area (TPSA) is 102 Å². The fourth-order valence-electron chi connectivity index (χ4n) is 7.20. The molecule has 6 rings (SSSR count). The number of ether oxygens (including phenoxy) is 4. The van der Waals surface area contributed by atoms with Gasteiger partial charge in [0.05, 0.1) is 37.4 Å². The molecular formula is C32H42N4O6. The van der Waals surface area contributed by atoms with Crippen LogP contribution in [0.5, 0.6) is 11.5 Å². The molecule has 0 unspecified atom stereocenters. The van der Waals surface area contributed by atoms with E-state index in [1.165, 1.54) is 0 Å². The van der Waals surface area contributed by atoms with Gasteiger partial charge in [-0.25, -0.2) is 0 Å². The van der Waals surface area contributed by atoms with E-state index in [4.69, 9.17) is 18.9 Å². The van der Waals surface area contributed by atoms with Gasteiger partial charge in [0.1, 0.15) is 24.0 Å². The smallest absolute Gasteiger partial charge is 0.256 e. The van der Waals surface area contributed by atoms with E-state index in [9.17, 15) is 9.59 Å². The third kappa shape index (κ3) is 5.04. The summed E-state index contributed by atoms with van der Waals surface area (Å²) < 4.78 is 23.0. The van der Waals surface area contributed by atoms with Crippen molar-refractivity contribution in [2.75, 3.05) is 52.2 Å². The zero-order chi connectivity index (χ0) is 29.4. The summed E-state index contributed by atoms with van der Waals surface area (Å²) in [5.74, 6) is 1.52. The standard InChI is InChI=1S/C32H42N4O6/c1-39-27-17-21-23(33-29(41-3)25-11-7-13-35(25)31(21)37)15-19(27)9-5-6-10-20-16-24-22(18-28(20)40-2)32(38)36-14-8-12-26(36)30(34-24)42-4/h15-18,25-26,29-30,33-34H,5-14H2,1-4H3/t25-,26-,29-,30-/m0/s1. The van der Waals surface area contributed by atoms with E-state index >= 15 is 0 Å². The summed E-state index contributed by atoms with van der Waals surface area (Å²) in [6, 6.07) is 7.92. The van der Waals surface area contributed by atoms with Crippen molar-refractivity contribution in [1.82, 2.24) is 9.80 Å². The highest BCUT2D eigenvalue weighted by Gasteiger charge is 2.41. The number of unbranched alkanes of at least 4 members (excludes halogenated alkanes) is 1. The van der Waals surface area contributed by atoms with E-state index in [1.807, 2.05) is 21.9 Å². The van der Waals surface area contributed by atoms with Crippen LogP contribution >= 0.6 is 0 Å². The van der Waals surface area contributed by atoms with Gasteiger partial charge in [-0.05, 0) is 86.8 Å². The molecule has 0 aromatic heterocycles. The van der Waals surface area contributed by atoms with E-state index < -0.39 is 0 Å². The molecule has 2 aromatic carbocycles. The minimum absolute atomic E-state index is 0.0287. The average molecular weight is 579 g/mol. The Balaban J connectivity index is 1.18. The van der Waals surface area contributed by atoms with Crippen LogP contribution in [-0.2, 0) is 22.3 Å². The molecule has 10 nitrogen and oxygen atoms in total. The van der Waals surface area contributed by atoms with Gasteiger partial charge in [-0.15, -0.1) is 0 Å². The molecule has 2 N–H and O–H groups in total. The molecule has 4 atom stereocenters. The maximum Gasteiger partial charge on any atom is 0.256 e. The van der Waals surface area contributed by atoms with Gasteiger partial charge in [0.25, 0.3) is 11.8 Å². The van der Waals surface area contributed by atoms with Gasteiger partial charge in [0, 0.05) is 38.7 Å². The van der Waals surface area contributed by atoms with Crippen LogP contribution in [0.2, 0.25) is 0 Å². The first-order chi connectivity index (χ1) is 20.5. The third-order valence-electron chi connectivity index (χ3n) is 9.37. The lowest BCUT2D eigenvalue weighted by atomic mass is 9.98. The zero-order valence-corrected chi connectivity index (χ0v) is 25.0. The van der Waals surface area contributed by atoms with Crippen molar-refractivity contribution in [3.63, 3.8) is 0 Å². The second kappa shape index (κ2) is 12.0. The number of amides is 2. The number of hydrogen-bond acceptors (Lipinski definition) is 8. The molecule has 0 saturated carbocycles. The maximum absolute atomic E-state index is 13.4. The predicted octanol–water partition coefficient (Wildman–Crippen LogP) is 4.27. The van der Waals surface area contributed by atoms with E-state index in [1.54, 1.807) is 28.4 Å². The summed E-state index contributed by atoms with van der Waals surface area (Å²) >= 11 is 0. The number of carbonyl (C=O) groups excluding carboxylic acids is 2. The molecule has 2 amide bonds. The number of carbonyl (C=O) groups is 2. The second-order valence-electron chi connectivity index (χ2n) is 11.6. The summed E-state index contributed by atoms with van der Waals surface area (Å²) in [6.45, 7) is 1.49. The quantitative estimate of drug-likeness (QED) is 0.426. The van der Waals surface area contributed by atoms with E-state index in [0.29, 0.717) is 11.1 Å². The highest BCUT2D eigenvalue weighted by molar-refractivity contribution is 6.02. The van der Waals surface area contributed by atoms with Gasteiger partial charge in [-0.3, -0.25) is 9.59 Å². The number of hydrogen-bond donors (Lipinski definition) is 2. The Labute approximate surface area is 247 Å². The normalized spacial score (nSPS) is 24.6. The molecular weight excluding hydrogens is 536 g/mol. The first kappa shape index (κ1) is 28.6. The molecule has 4 heterocycles. The monoisotopic (exact) mass is 578 g/mol. The first-order valence-electron chi connectivity index (χ1n) is 15.1. The van der Waals surface area contributed by atoms with E-state index in [2.05, 4.69) is 22.8 Å². The Morgan fingerprint density at radius 3 is 1.50 bits per heavy atom. The Kier molecular flexibility index (Phi) is 8.18. The molecule has 42 heavy (non-hydrogen) atoms. The van der Waals surface area contributed by atoms with Gasteiger partial charge in [-0.2, -0.15) is 0 Å². The molecule has 2 saturated heterocycles. The van der Waals surface area contributed by atoms with Crippen molar-refractivity contribution in [3.8, 4) is 11.5 Å². The minimum Gasteiger partial charge on any atom is -0.496 e. The largest absolute Gasteiger partial charge is 0.496 e. The van der Waals surface area contributed by atoms with Crippen molar-refractivity contribution >= 4 is 23.2 Å². The Morgan fingerprint density at radius 1 is 0.690 bits per heavy atom. The van der Waals surface area contributed by atoms with Crippen LogP contribution in [0.4, 0.5) is 11.4 Å². The van der Waals surface area contributed by atoms with Crippen molar-refractivity contribution in [1.29, 1.82) is 0 Å². The van der Waals surface area contributed by atoms with Crippen LogP contribution in [-0.4, -0.2) is 87.7 Å². The van der Waals surface area contributed by atoms with Crippen LogP contribution in [0, 0.1) is 0 Å². The molecule has 226 valence electrons. The molecule has 2 fully saturated rings. The van der Waals surface area contributed by atoms with Crippen LogP contribution < -0.4 is 20.1 Å². The Bertz CT molecular complexity index is 1250. The summed E-state index contributed by atoms with van der Waals surface area (Å²) in [6.07, 6.45) is 6.75. The number of anilines is 2. The van der Waals surface area contributed by atoms with Crippen LogP contribution in [0.3, 0.4) is 0 Å². The number of nitrogens with one attached hydrogen (secondary N) is 2. The molecule has 0 aliphatic carbocycles. The van der Waals surface area contributed by atoms with Crippen molar-refractivity contribution in [3.05, 3.63) is 46.5 Å². The van der Waals surface area contributed by atoms with Crippen LogP contribution in [0.25, 0.3) is 0 Å². The van der Waals surface area contributed by atoms with E-state index in [-0.39, 0.29) is 36.4 Å². The van der Waals surface area contributed by atoms with E-state index in [0.717, 1.165) is 98.5 Å². The lowest BCUT2D eigenvalue weighted by Crippen LogP contribution is -2.44.